The maximum absolute atomic E-state index is 11.9. The first-order chi connectivity index (χ1) is 8.75. The fourth-order valence-corrected chi connectivity index (χ4v) is 2.55. The summed E-state index contributed by atoms with van der Waals surface area (Å²) in [7, 11) is 0. The molecule has 3 rings (SSSR count). The zero-order valence-electron chi connectivity index (χ0n) is 9.82. The van der Waals surface area contributed by atoms with Crippen LogP contribution in [0.5, 0.6) is 0 Å². The molecule has 0 amide bonds. The molecule has 3 nitrogen and oxygen atoms in total. The molecule has 1 fully saturated rings. The van der Waals surface area contributed by atoms with Gasteiger partial charge in [0.15, 0.2) is 0 Å². The maximum Gasteiger partial charge on any atom is 0.272 e. The number of hydrogen-bond donors (Lipinski definition) is 1. The molecule has 0 atom stereocenters. The highest BCUT2D eigenvalue weighted by molar-refractivity contribution is 6.29. The zero-order chi connectivity index (χ0) is 12.5. The van der Waals surface area contributed by atoms with Crippen molar-refractivity contribution in [1.82, 2.24) is 10.2 Å². The standard InChI is InChI=1S/C14H13ClN2O/c15-13-8-12(14(18)17-16-13)11-7-2-1-6-10(11)9-4-3-5-9/h1-2,6-9H,3-5H2,(H,17,18). The van der Waals surface area contributed by atoms with Crippen LogP contribution in [0.2, 0.25) is 5.15 Å². The van der Waals surface area contributed by atoms with Crippen LogP contribution in [0, 0.1) is 0 Å². The van der Waals surface area contributed by atoms with Gasteiger partial charge in [0.2, 0.25) is 0 Å². The molecular formula is C14H13ClN2O. The van der Waals surface area contributed by atoms with E-state index in [0.717, 1.165) is 5.56 Å². The molecule has 4 heteroatoms. The Morgan fingerprint density at radius 3 is 2.72 bits per heavy atom. The molecule has 1 heterocycles. The topological polar surface area (TPSA) is 45.8 Å². The van der Waals surface area contributed by atoms with E-state index in [-0.39, 0.29) is 5.56 Å². The van der Waals surface area contributed by atoms with Crippen molar-refractivity contribution in [1.29, 1.82) is 0 Å². The summed E-state index contributed by atoms with van der Waals surface area (Å²) in [6.07, 6.45) is 3.67. The monoisotopic (exact) mass is 260 g/mol. The highest BCUT2D eigenvalue weighted by Gasteiger charge is 2.23. The van der Waals surface area contributed by atoms with Crippen LogP contribution >= 0.6 is 11.6 Å². The molecule has 1 N–H and O–H groups in total. The van der Waals surface area contributed by atoms with Crippen molar-refractivity contribution < 1.29 is 0 Å². The molecule has 0 spiro atoms. The number of hydrogen-bond acceptors (Lipinski definition) is 2. The maximum atomic E-state index is 11.9. The summed E-state index contributed by atoms with van der Waals surface area (Å²) in [5, 5.41) is 6.45. The van der Waals surface area contributed by atoms with Gasteiger partial charge in [0.25, 0.3) is 5.56 Å². The molecule has 0 aliphatic heterocycles. The SMILES string of the molecule is O=c1[nH]nc(Cl)cc1-c1ccccc1C1CCC1. The van der Waals surface area contributed by atoms with Crippen LogP contribution in [0.15, 0.2) is 35.1 Å². The summed E-state index contributed by atoms with van der Waals surface area (Å²) < 4.78 is 0. The van der Waals surface area contributed by atoms with Crippen LogP contribution < -0.4 is 5.56 Å². The number of aromatic amines is 1. The third kappa shape index (κ3) is 1.95. The van der Waals surface area contributed by atoms with E-state index in [1.165, 1.54) is 24.8 Å². The Labute approximate surface area is 110 Å². The summed E-state index contributed by atoms with van der Waals surface area (Å²) in [5.41, 5.74) is 2.65. The molecule has 92 valence electrons. The van der Waals surface area contributed by atoms with E-state index >= 15 is 0 Å². The first-order valence-corrected chi connectivity index (χ1v) is 6.48. The van der Waals surface area contributed by atoms with Gasteiger partial charge in [-0.25, -0.2) is 5.10 Å². The third-order valence-corrected chi connectivity index (χ3v) is 3.76. The first kappa shape index (κ1) is 11.5. The van der Waals surface area contributed by atoms with E-state index < -0.39 is 0 Å². The second-order valence-corrected chi connectivity index (χ2v) is 5.04. The molecule has 18 heavy (non-hydrogen) atoms. The van der Waals surface area contributed by atoms with Crippen LogP contribution in [-0.4, -0.2) is 10.2 Å². The predicted molar refractivity (Wildman–Crippen MR) is 71.9 cm³/mol. The number of rotatable bonds is 2. The minimum Gasteiger partial charge on any atom is -0.267 e. The quantitative estimate of drug-likeness (QED) is 0.900. The van der Waals surface area contributed by atoms with E-state index in [1.807, 2.05) is 18.2 Å². The summed E-state index contributed by atoms with van der Waals surface area (Å²) in [6.45, 7) is 0. The molecule has 0 saturated heterocycles. The predicted octanol–water partition coefficient (Wildman–Crippen LogP) is 3.36. The number of halogens is 1. The summed E-state index contributed by atoms with van der Waals surface area (Å²) in [5.74, 6) is 0.576. The second kappa shape index (κ2) is 4.58. The third-order valence-electron chi connectivity index (χ3n) is 3.57. The van der Waals surface area contributed by atoms with Gasteiger partial charge >= 0.3 is 0 Å². The van der Waals surface area contributed by atoms with Crippen molar-refractivity contribution in [3.05, 3.63) is 51.4 Å². The molecule has 1 aromatic heterocycles. The van der Waals surface area contributed by atoms with Gasteiger partial charge in [-0.05, 0) is 36.0 Å². The fraction of sp³-hybridized carbons (Fsp3) is 0.286. The molecule has 0 unspecified atom stereocenters. The highest BCUT2D eigenvalue weighted by atomic mass is 35.5. The van der Waals surface area contributed by atoms with Crippen molar-refractivity contribution in [2.45, 2.75) is 25.2 Å². The zero-order valence-corrected chi connectivity index (χ0v) is 10.6. The van der Waals surface area contributed by atoms with Crippen LogP contribution in [0.3, 0.4) is 0 Å². The molecular weight excluding hydrogens is 248 g/mol. The average molecular weight is 261 g/mol. The Balaban J connectivity index is 2.16. The molecule has 1 saturated carbocycles. The van der Waals surface area contributed by atoms with Gasteiger partial charge in [-0.1, -0.05) is 42.3 Å². The van der Waals surface area contributed by atoms with Crippen LogP contribution in [0.4, 0.5) is 0 Å². The van der Waals surface area contributed by atoms with Gasteiger partial charge in [-0.3, -0.25) is 4.79 Å². The number of aromatic nitrogens is 2. The lowest BCUT2D eigenvalue weighted by molar-refractivity contribution is 0.420. The van der Waals surface area contributed by atoms with Crippen molar-refractivity contribution in [3.63, 3.8) is 0 Å². The second-order valence-electron chi connectivity index (χ2n) is 4.65. The van der Waals surface area contributed by atoms with E-state index in [2.05, 4.69) is 16.3 Å². The van der Waals surface area contributed by atoms with Crippen LogP contribution in [0.25, 0.3) is 11.1 Å². The van der Waals surface area contributed by atoms with E-state index in [9.17, 15) is 4.79 Å². The largest absolute Gasteiger partial charge is 0.272 e. The molecule has 1 aromatic carbocycles. The van der Waals surface area contributed by atoms with Crippen LogP contribution in [-0.2, 0) is 0 Å². The van der Waals surface area contributed by atoms with Gasteiger partial charge in [-0.2, -0.15) is 5.10 Å². The van der Waals surface area contributed by atoms with E-state index in [1.54, 1.807) is 6.07 Å². The van der Waals surface area contributed by atoms with Crippen molar-refractivity contribution >= 4 is 11.6 Å². The van der Waals surface area contributed by atoms with Crippen molar-refractivity contribution in [2.75, 3.05) is 0 Å². The summed E-state index contributed by atoms with van der Waals surface area (Å²) >= 11 is 5.87. The Kier molecular flexibility index (Phi) is 2.92. The van der Waals surface area contributed by atoms with E-state index in [0.29, 0.717) is 16.6 Å². The minimum atomic E-state index is -0.189. The Morgan fingerprint density at radius 1 is 1.22 bits per heavy atom. The normalized spacial score (nSPS) is 15.4. The average Bonchev–Trinajstić information content (AvgIpc) is 2.31. The molecule has 0 radical (unpaired) electrons. The van der Waals surface area contributed by atoms with E-state index in [4.69, 9.17) is 11.6 Å². The van der Waals surface area contributed by atoms with Crippen molar-refractivity contribution in [3.8, 4) is 11.1 Å². The Hall–Kier alpha value is -1.61. The summed E-state index contributed by atoms with van der Waals surface area (Å²) in [4.78, 5) is 11.9. The van der Waals surface area contributed by atoms with Crippen LogP contribution in [0.1, 0.15) is 30.7 Å². The fourth-order valence-electron chi connectivity index (χ4n) is 2.40. The number of nitrogens with zero attached hydrogens (tertiary/aromatic N) is 1. The number of nitrogens with one attached hydrogen (secondary N) is 1. The number of H-pyrrole nitrogens is 1. The molecule has 1 aliphatic rings. The number of benzene rings is 1. The molecule has 1 aliphatic carbocycles. The lowest BCUT2D eigenvalue weighted by Gasteiger charge is -2.27. The minimum absolute atomic E-state index is 0.189. The lowest BCUT2D eigenvalue weighted by Crippen LogP contribution is -2.14. The summed E-state index contributed by atoms with van der Waals surface area (Å²) in [6, 6.07) is 9.69. The van der Waals surface area contributed by atoms with Gasteiger partial charge in [-0.15, -0.1) is 0 Å². The molecule has 2 aromatic rings. The van der Waals surface area contributed by atoms with Gasteiger partial charge in [0.1, 0.15) is 5.15 Å². The van der Waals surface area contributed by atoms with Gasteiger partial charge < -0.3 is 0 Å². The first-order valence-electron chi connectivity index (χ1n) is 6.10. The Bertz CT molecular complexity index is 632. The Morgan fingerprint density at radius 2 is 2.00 bits per heavy atom. The van der Waals surface area contributed by atoms with Gasteiger partial charge in [0.05, 0.1) is 5.56 Å². The lowest BCUT2D eigenvalue weighted by atomic mass is 9.77. The van der Waals surface area contributed by atoms with Crippen molar-refractivity contribution in [2.24, 2.45) is 0 Å². The van der Waals surface area contributed by atoms with Gasteiger partial charge in [0, 0.05) is 0 Å². The highest BCUT2D eigenvalue weighted by Crippen LogP contribution is 2.40. The smallest absolute Gasteiger partial charge is 0.267 e. The molecule has 0 bridgehead atoms.